The molecule has 4 rings (SSSR count). The van der Waals surface area contributed by atoms with Gasteiger partial charge in [0.2, 0.25) is 5.91 Å². The van der Waals surface area contributed by atoms with Crippen molar-refractivity contribution in [2.45, 2.75) is 16.6 Å². The van der Waals surface area contributed by atoms with Gasteiger partial charge in [-0.15, -0.1) is 0 Å². The number of nitrogens with zero attached hydrogens (tertiary/aromatic N) is 3. The lowest BCUT2D eigenvalue weighted by Crippen LogP contribution is -2.59. The van der Waals surface area contributed by atoms with Gasteiger partial charge in [-0.1, -0.05) is 36.0 Å². The van der Waals surface area contributed by atoms with E-state index in [1.807, 2.05) is 53.4 Å². The predicted octanol–water partition coefficient (Wildman–Crippen LogP) is 2.87. The van der Waals surface area contributed by atoms with Crippen LogP contribution in [0.1, 0.15) is 6.92 Å². The van der Waals surface area contributed by atoms with Crippen molar-refractivity contribution in [2.75, 3.05) is 50.1 Å². The first-order valence-electron chi connectivity index (χ1n) is 9.69. The first-order chi connectivity index (χ1) is 14.0. The lowest BCUT2D eigenvalue weighted by atomic mass is 10.1. The molecule has 2 amide bonds. The van der Waals surface area contributed by atoms with Crippen LogP contribution in [0.25, 0.3) is 0 Å². The fourth-order valence-corrected chi connectivity index (χ4v) is 5.33. The normalized spacial score (nSPS) is 21.8. The van der Waals surface area contributed by atoms with Gasteiger partial charge >= 0.3 is 0 Å². The summed E-state index contributed by atoms with van der Waals surface area (Å²) in [5, 5.41) is 0. The molecule has 2 aromatic rings. The zero-order valence-corrected chi connectivity index (χ0v) is 17.7. The molecule has 1 saturated heterocycles. The number of anilines is 2. The van der Waals surface area contributed by atoms with E-state index < -0.39 is 4.75 Å². The van der Waals surface area contributed by atoms with Crippen LogP contribution in [-0.4, -0.2) is 61.8 Å². The SMILES string of the molecule is COc1ccccc1N1CCN(C(=O)C2(C)Sc3ccccc3N(C)C2=O)CC1. The minimum absolute atomic E-state index is 0.117. The second-order valence-corrected chi connectivity index (χ2v) is 8.88. The van der Waals surface area contributed by atoms with E-state index in [-0.39, 0.29) is 11.8 Å². The van der Waals surface area contributed by atoms with Gasteiger partial charge in [-0.2, -0.15) is 0 Å². The highest BCUT2D eigenvalue weighted by molar-refractivity contribution is 8.02. The Balaban J connectivity index is 1.50. The van der Waals surface area contributed by atoms with Crippen molar-refractivity contribution in [3.05, 3.63) is 48.5 Å². The van der Waals surface area contributed by atoms with E-state index in [4.69, 9.17) is 4.74 Å². The van der Waals surface area contributed by atoms with Gasteiger partial charge in [0.05, 0.1) is 18.5 Å². The van der Waals surface area contributed by atoms with Crippen LogP contribution >= 0.6 is 11.8 Å². The highest BCUT2D eigenvalue weighted by Gasteiger charge is 2.50. The van der Waals surface area contributed by atoms with E-state index >= 15 is 0 Å². The average Bonchev–Trinajstić information content (AvgIpc) is 2.77. The first-order valence-corrected chi connectivity index (χ1v) is 10.5. The van der Waals surface area contributed by atoms with E-state index in [1.54, 1.807) is 26.0 Å². The Labute approximate surface area is 175 Å². The molecule has 2 aromatic carbocycles. The maximum atomic E-state index is 13.4. The summed E-state index contributed by atoms with van der Waals surface area (Å²) >= 11 is 1.36. The Morgan fingerprint density at radius 2 is 1.62 bits per heavy atom. The van der Waals surface area contributed by atoms with Gasteiger partial charge in [-0.05, 0) is 31.2 Å². The molecule has 2 aliphatic rings. The molecule has 1 fully saturated rings. The van der Waals surface area contributed by atoms with E-state index in [0.29, 0.717) is 26.2 Å². The Hall–Kier alpha value is -2.67. The number of methoxy groups -OCH3 is 1. The largest absolute Gasteiger partial charge is 0.495 e. The average molecular weight is 412 g/mol. The van der Waals surface area contributed by atoms with Gasteiger partial charge < -0.3 is 19.4 Å². The quantitative estimate of drug-likeness (QED) is 0.727. The monoisotopic (exact) mass is 411 g/mol. The summed E-state index contributed by atoms with van der Waals surface area (Å²) in [5.41, 5.74) is 1.89. The number of rotatable bonds is 3. The van der Waals surface area contributed by atoms with Gasteiger partial charge in [-0.25, -0.2) is 0 Å². The van der Waals surface area contributed by atoms with Crippen molar-refractivity contribution < 1.29 is 14.3 Å². The third-order valence-electron chi connectivity index (χ3n) is 5.65. The number of hydrogen-bond donors (Lipinski definition) is 0. The van der Waals surface area contributed by atoms with Gasteiger partial charge in [0.15, 0.2) is 4.75 Å². The highest BCUT2D eigenvalue weighted by Crippen LogP contribution is 2.45. The van der Waals surface area contributed by atoms with Gasteiger partial charge in [0.1, 0.15) is 5.75 Å². The van der Waals surface area contributed by atoms with Crippen molar-refractivity contribution in [1.82, 2.24) is 4.90 Å². The molecule has 0 saturated carbocycles. The van der Waals surface area contributed by atoms with Crippen molar-refractivity contribution in [3.63, 3.8) is 0 Å². The molecule has 6 nitrogen and oxygen atoms in total. The first kappa shape index (κ1) is 19.6. The summed E-state index contributed by atoms with van der Waals surface area (Å²) in [4.78, 5) is 33.1. The fourth-order valence-electron chi connectivity index (χ4n) is 3.99. The number of carbonyl (C=O) groups excluding carboxylic acids is 2. The Morgan fingerprint density at radius 3 is 2.31 bits per heavy atom. The number of benzene rings is 2. The second-order valence-electron chi connectivity index (χ2n) is 7.42. The number of carbonyl (C=O) groups is 2. The lowest BCUT2D eigenvalue weighted by molar-refractivity contribution is -0.138. The Morgan fingerprint density at radius 1 is 1.00 bits per heavy atom. The molecule has 0 aromatic heterocycles. The van der Waals surface area contributed by atoms with Crippen molar-refractivity contribution in [3.8, 4) is 5.75 Å². The number of fused-ring (bicyclic) bond motifs is 1. The van der Waals surface area contributed by atoms with E-state index in [0.717, 1.165) is 22.0 Å². The van der Waals surface area contributed by atoms with Crippen molar-refractivity contribution in [1.29, 1.82) is 0 Å². The van der Waals surface area contributed by atoms with Crippen molar-refractivity contribution in [2.24, 2.45) is 0 Å². The fraction of sp³-hybridized carbons (Fsp3) is 0.364. The number of para-hydroxylation sites is 3. The number of ether oxygens (including phenoxy) is 1. The predicted molar refractivity (Wildman–Crippen MR) is 116 cm³/mol. The molecule has 1 atom stereocenters. The zero-order chi connectivity index (χ0) is 20.6. The van der Waals surface area contributed by atoms with Crippen LogP contribution in [0.2, 0.25) is 0 Å². The second kappa shape index (κ2) is 7.63. The molecule has 29 heavy (non-hydrogen) atoms. The molecule has 0 spiro atoms. The molecule has 0 radical (unpaired) electrons. The molecule has 152 valence electrons. The maximum Gasteiger partial charge on any atom is 0.252 e. The van der Waals surface area contributed by atoms with Crippen molar-refractivity contribution >= 4 is 35.0 Å². The van der Waals surface area contributed by atoms with Crippen LogP contribution in [-0.2, 0) is 9.59 Å². The smallest absolute Gasteiger partial charge is 0.252 e. The van der Waals surface area contributed by atoms with Gasteiger partial charge in [0.25, 0.3) is 5.91 Å². The third-order valence-corrected chi connectivity index (χ3v) is 6.98. The molecule has 2 aliphatic heterocycles. The summed E-state index contributed by atoms with van der Waals surface area (Å²) in [6, 6.07) is 15.6. The van der Waals surface area contributed by atoms with E-state index in [9.17, 15) is 9.59 Å². The zero-order valence-electron chi connectivity index (χ0n) is 16.9. The minimum atomic E-state index is -1.14. The maximum absolute atomic E-state index is 13.4. The van der Waals surface area contributed by atoms with Crippen LogP contribution in [0.3, 0.4) is 0 Å². The van der Waals surface area contributed by atoms with E-state index in [1.165, 1.54) is 11.8 Å². The summed E-state index contributed by atoms with van der Waals surface area (Å²) in [6.45, 7) is 4.31. The summed E-state index contributed by atoms with van der Waals surface area (Å²) < 4.78 is 4.32. The van der Waals surface area contributed by atoms with Crippen LogP contribution in [0.4, 0.5) is 11.4 Å². The summed E-state index contributed by atoms with van der Waals surface area (Å²) in [7, 11) is 3.41. The van der Waals surface area contributed by atoms with Gasteiger partial charge in [0, 0.05) is 38.1 Å². The molecule has 0 aliphatic carbocycles. The molecule has 7 heteroatoms. The molecule has 0 N–H and O–H groups in total. The lowest BCUT2D eigenvalue weighted by Gasteiger charge is -2.42. The molecular weight excluding hydrogens is 386 g/mol. The number of piperazine rings is 1. The number of thioether (sulfide) groups is 1. The minimum Gasteiger partial charge on any atom is -0.495 e. The van der Waals surface area contributed by atoms with Crippen LogP contribution in [0.5, 0.6) is 5.75 Å². The topological polar surface area (TPSA) is 53.1 Å². The van der Waals surface area contributed by atoms with Crippen LogP contribution in [0.15, 0.2) is 53.4 Å². The number of hydrogen-bond acceptors (Lipinski definition) is 5. The van der Waals surface area contributed by atoms with E-state index in [2.05, 4.69) is 4.90 Å². The number of amides is 2. The standard InChI is InChI=1S/C22H25N3O3S/c1-22(20(26)23(2)17-9-5-7-11-19(17)29-22)21(27)25-14-12-24(13-15-25)16-8-4-6-10-18(16)28-3/h4-11H,12-15H2,1-3H3. The molecule has 0 bridgehead atoms. The van der Waals surface area contributed by atoms with Crippen LogP contribution in [0, 0.1) is 0 Å². The highest BCUT2D eigenvalue weighted by atomic mass is 32.2. The van der Waals surface area contributed by atoms with Crippen LogP contribution < -0.4 is 14.5 Å². The molecular formula is C22H25N3O3S. The molecule has 2 heterocycles. The van der Waals surface area contributed by atoms with Gasteiger partial charge in [-0.3, -0.25) is 9.59 Å². The Bertz CT molecular complexity index is 942. The summed E-state index contributed by atoms with van der Waals surface area (Å²) in [5.74, 6) is 0.544. The third kappa shape index (κ3) is 3.33. The Kier molecular flexibility index (Phi) is 5.17. The summed E-state index contributed by atoms with van der Waals surface area (Å²) in [6.07, 6.45) is 0. The molecule has 1 unspecified atom stereocenters.